The van der Waals surface area contributed by atoms with Crippen LogP contribution in [0.5, 0.6) is 0 Å². The fraction of sp³-hybridized carbons (Fsp3) is 0.133. The lowest BCUT2D eigenvalue weighted by molar-refractivity contribution is 0.0954. The predicted molar refractivity (Wildman–Crippen MR) is 76.2 cm³/mol. The second-order valence-corrected chi connectivity index (χ2v) is 3.86. The van der Waals surface area contributed by atoms with Crippen LogP contribution in [-0.4, -0.2) is 12.5 Å². The Hall–Kier alpha value is -1.80. The van der Waals surface area contributed by atoms with Gasteiger partial charge in [0, 0.05) is 12.1 Å². The minimum absolute atomic E-state index is 0. The van der Waals surface area contributed by atoms with Crippen molar-refractivity contribution in [1.82, 2.24) is 5.32 Å². The molecule has 0 saturated carbocycles. The second kappa shape index (κ2) is 7.51. The third-order valence-electron chi connectivity index (χ3n) is 2.58. The molecular formula is C15H16ClNO. The zero-order valence-electron chi connectivity index (χ0n) is 10.0. The summed E-state index contributed by atoms with van der Waals surface area (Å²) in [5.41, 5.74) is 1.95. The van der Waals surface area contributed by atoms with E-state index in [-0.39, 0.29) is 18.3 Å². The molecule has 0 aliphatic rings. The number of halogens is 1. The largest absolute Gasteiger partial charge is 0.352 e. The van der Waals surface area contributed by atoms with Crippen molar-refractivity contribution in [3.8, 4) is 0 Å². The minimum atomic E-state index is -0.0125. The Kier molecular flexibility index (Phi) is 5.95. The van der Waals surface area contributed by atoms with Gasteiger partial charge in [-0.3, -0.25) is 4.79 Å². The summed E-state index contributed by atoms with van der Waals surface area (Å²) in [6.07, 6.45) is 0.861. The van der Waals surface area contributed by atoms with E-state index in [1.54, 1.807) is 0 Å². The van der Waals surface area contributed by atoms with Crippen LogP contribution in [0.15, 0.2) is 60.7 Å². The average molecular weight is 262 g/mol. The highest BCUT2D eigenvalue weighted by molar-refractivity contribution is 5.94. The van der Waals surface area contributed by atoms with Crippen molar-refractivity contribution >= 4 is 18.3 Å². The lowest BCUT2D eigenvalue weighted by atomic mass is 10.1. The van der Waals surface area contributed by atoms with E-state index in [1.807, 2.05) is 48.5 Å². The Morgan fingerprint density at radius 3 is 2.06 bits per heavy atom. The van der Waals surface area contributed by atoms with Crippen LogP contribution in [0.25, 0.3) is 0 Å². The highest BCUT2D eigenvalue weighted by atomic mass is 35.5. The van der Waals surface area contributed by atoms with Crippen LogP contribution in [0.2, 0.25) is 0 Å². The SMILES string of the molecule is Cl.O=C(NCCc1ccccc1)c1ccccc1. The van der Waals surface area contributed by atoms with Gasteiger partial charge in [0.2, 0.25) is 0 Å². The highest BCUT2D eigenvalue weighted by Gasteiger charge is 2.02. The lowest BCUT2D eigenvalue weighted by Crippen LogP contribution is -2.25. The Balaban J connectivity index is 0.00000162. The molecule has 0 saturated heterocycles. The van der Waals surface area contributed by atoms with E-state index in [0.29, 0.717) is 12.1 Å². The van der Waals surface area contributed by atoms with Crippen LogP contribution in [0.4, 0.5) is 0 Å². The lowest BCUT2D eigenvalue weighted by Gasteiger charge is -2.05. The van der Waals surface area contributed by atoms with E-state index < -0.39 is 0 Å². The molecule has 0 atom stereocenters. The molecule has 2 nitrogen and oxygen atoms in total. The number of amides is 1. The van der Waals surface area contributed by atoms with E-state index >= 15 is 0 Å². The van der Waals surface area contributed by atoms with Crippen molar-refractivity contribution < 1.29 is 4.79 Å². The third kappa shape index (κ3) is 4.22. The van der Waals surface area contributed by atoms with Gasteiger partial charge in [0.25, 0.3) is 5.91 Å². The Labute approximate surface area is 113 Å². The zero-order chi connectivity index (χ0) is 11.9. The molecule has 0 aliphatic heterocycles. The molecule has 94 valence electrons. The van der Waals surface area contributed by atoms with Crippen LogP contribution < -0.4 is 5.32 Å². The number of hydrogen-bond acceptors (Lipinski definition) is 1. The second-order valence-electron chi connectivity index (χ2n) is 3.86. The summed E-state index contributed by atoms with van der Waals surface area (Å²) in [6.45, 7) is 0.664. The first-order valence-corrected chi connectivity index (χ1v) is 5.73. The van der Waals surface area contributed by atoms with Crippen molar-refractivity contribution in [1.29, 1.82) is 0 Å². The fourth-order valence-corrected chi connectivity index (χ4v) is 1.66. The van der Waals surface area contributed by atoms with E-state index in [4.69, 9.17) is 0 Å². The third-order valence-corrected chi connectivity index (χ3v) is 2.58. The fourth-order valence-electron chi connectivity index (χ4n) is 1.66. The minimum Gasteiger partial charge on any atom is -0.352 e. The smallest absolute Gasteiger partial charge is 0.251 e. The molecule has 0 aromatic heterocycles. The van der Waals surface area contributed by atoms with Gasteiger partial charge < -0.3 is 5.32 Å². The summed E-state index contributed by atoms with van der Waals surface area (Å²) in [5, 5.41) is 2.91. The van der Waals surface area contributed by atoms with E-state index in [9.17, 15) is 4.79 Å². The Morgan fingerprint density at radius 1 is 0.889 bits per heavy atom. The molecule has 1 amide bonds. The number of benzene rings is 2. The van der Waals surface area contributed by atoms with E-state index in [0.717, 1.165) is 6.42 Å². The highest BCUT2D eigenvalue weighted by Crippen LogP contribution is 2.00. The van der Waals surface area contributed by atoms with E-state index in [2.05, 4.69) is 17.4 Å². The van der Waals surface area contributed by atoms with Gasteiger partial charge in [-0.2, -0.15) is 0 Å². The quantitative estimate of drug-likeness (QED) is 0.900. The van der Waals surface area contributed by atoms with Crippen molar-refractivity contribution in [2.75, 3.05) is 6.54 Å². The molecule has 2 rings (SSSR count). The summed E-state index contributed by atoms with van der Waals surface area (Å²) < 4.78 is 0. The maximum absolute atomic E-state index is 11.7. The van der Waals surface area contributed by atoms with Gasteiger partial charge in [-0.25, -0.2) is 0 Å². The normalized spacial score (nSPS) is 9.33. The molecule has 0 aliphatic carbocycles. The first-order chi connectivity index (χ1) is 8.36. The molecule has 0 radical (unpaired) electrons. The number of carbonyl (C=O) groups excluding carboxylic acids is 1. The van der Waals surface area contributed by atoms with Crippen molar-refractivity contribution in [3.63, 3.8) is 0 Å². The molecule has 0 bridgehead atoms. The molecule has 0 spiro atoms. The summed E-state index contributed by atoms with van der Waals surface area (Å²) in [5.74, 6) is -0.0125. The van der Waals surface area contributed by atoms with Gasteiger partial charge in [-0.1, -0.05) is 48.5 Å². The van der Waals surface area contributed by atoms with Gasteiger partial charge in [-0.15, -0.1) is 12.4 Å². The molecule has 2 aromatic rings. The summed E-state index contributed by atoms with van der Waals surface area (Å²) in [6, 6.07) is 19.4. The molecule has 0 heterocycles. The molecule has 0 fully saturated rings. The first-order valence-electron chi connectivity index (χ1n) is 5.73. The molecule has 18 heavy (non-hydrogen) atoms. The molecule has 2 aromatic carbocycles. The standard InChI is InChI=1S/C15H15NO.ClH/c17-15(14-9-5-2-6-10-14)16-12-11-13-7-3-1-4-8-13;/h1-10H,11-12H2,(H,16,17);1H. The van der Waals surface area contributed by atoms with Gasteiger partial charge in [0.15, 0.2) is 0 Å². The van der Waals surface area contributed by atoms with Crippen LogP contribution in [0, 0.1) is 0 Å². The number of hydrogen-bond donors (Lipinski definition) is 1. The zero-order valence-corrected chi connectivity index (χ0v) is 10.8. The maximum atomic E-state index is 11.7. The van der Waals surface area contributed by atoms with Crippen molar-refractivity contribution in [3.05, 3.63) is 71.8 Å². The van der Waals surface area contributed by atoms with Crippen molar-refractivity contribution in [2.45, 2.75) is 6.42 Å². The Bertz CT molecular complexity index is 470. The summed E-state index contributed by atoms with van der Waals surface area (Å²) in [7, 11) is 0. The number of nitrogens with one attached hydrogen (secondary N) is 1. The van der Waals surface area contributed by atoms with Gasteiger partial charge >= 0.3 is 0 Å². The Morgan fingerprint density at radius 2 is 1.44 bits per heavy atom. The van der Waals surface area contributed by atoms with Crippen LogP contribution in [0.1, 0.15) is 15.9 Å². The topological polar surface area (TPSA) is 29.1 Å². The van der Waals surface area contributed by atoms with Crippen molar-refractivity contribution in [2.24, 2.45) is 0 Å². The van der Waals surface area contributed by atoms with Gasteiger partial charge in [-0.05, 0) is 24.1 Å². The van der Waals surface area contributed by atoms with Crippen LogP contribution in [-0.2, 0) is 6.42 Å². The summed E-state index contributed by atoms with van der Waals surface area (Å²) in [4.78, 5) is 11.7. The van der Waals surface area contributed by atoms with Crippen LogP contribution >= 0.6 is 12.4 Å². The summed E-state index contributed by atoms with van der Waals surface area (Å²) >= 11 is 0. The van der Waals surface area contributed by atoms with Gasteiger partial charge in [0.05, 0.1) is 0 Å². The average Bonchev–Trinajstić information content (AvgIpc) is 2.41. The first kappa shape index (κ1) is 14.3. The van der Waals surface area contributed by atoms with Crippen LogP contribution in [0.3, 0.4) is 0 Å². The number of rotatable bonds is 4. The van der Waals surface area contributed by atoms with E-state index in [1.165, 1.54) is 5.56 Å². The maximum Gasteiger partial charge on any atom is 0.251 e. The number of carbonyl (C=O) groups is 1. The monoisotopic (exact) mass is 261 g/mol. The molecule has 1 N–H and O–H groups in total. The predicted octanol–water partition coefficient (Wildman–Crippen LogP) is 3.08. The molecular weight excluding hydrogens is 246 g/mol. The van der Waals surface area contributed by atoms with Gasteiger partial charge in [0.1, 0.15) is 0 Å². The molecule has 0 unspecified atom stereocenters. The molecule has 3 heteroatoms.